The highest BCUT2D eigenvalue weighted by molar-refractivity contribution is 6.43. The SMILES string of the molecule is COC(=O)C(=O)c1cn2c3c(cccc13)CN(C(=O)OC(C)(C)C)CC1OC(C)(C)OC1C2. The third-order valence-electron chi connectivity index (χ3n) is 5.67. The number of nitrogens with zero attached hydrogens (tertiary/aromatic N) is 2. The zero-order valence-corrected chi connectivity index (χ0v) is 19.8. The maximum absolute atomic E-state index is 13.1. The van der Waals surface area contributed by atoms with Crippen LogP contribution in [0.2, 0.25) is 0 Å². The molecule has 0 bridgehead atoms. The summed E-state index contributed by atoms with van der Waals surface area (Å²) in [7, 11) is 1.18. The van der Waals surface area contributed by atoms with Crippen molar-refractivity contribution >= 4 is 28.7 Å². The minimum absolute atomic E-state index is 0.245. The Kier molecular flexibility index (Phi) is 5.74. The van der Waals surface area contributed by atoms with Gasteiger partial charge in [-0.15, -0.1) is 0 Å². The van der Waals surface area contributed by atoms with Crippen molar-refractivity contribution < 1.29 is 33.3 Å². The highest BCUT2D eigenvalue weighted by Crippen LogP contribution is 2.34. The third-order valence-corrected chi connectivity index (χ3v) is 5.67. The molecule has 0 saturated carbocycles. The van der Waals surface area contributed by atoms with Crippen LogP contribution in [0.15, 0.2) is 24.4 Å². The summed E-state index contributed by atoms with van der Waals surface area (Å²) in [4.78, 5) is 39.4. The van der Waals surface area contributed by atoms with Gasteiger partial charge in [-0.05, 0) is 40.2 Å². The second-order valence-corrected chi connectivity index (χ2v) is 9.90. The topological polar surface area (TPSA) is 96.3 Å². The fraction of sp³-hybridized carbons (Fsp3) is 0.542. The fourth-order valence-corrected chi connectivity index (χ4v) is 4.46. The number of ether oxygens (including phenoxy) is 4. The van der Waals surface area contributed by atoms with Gasteiger partial charge in [0.15, 0.2) is 5.79 Å². The molecular formula is C24H30N2O7. The first-order valence-corrected chi connectivity index (χ1v) is 11.0. The largest absolute Gasteiger partial charge is 0.463 e. The first kappa shape index (κ1) is 23.3. The third kappa shape index (κ3) is 4.60. The predicted octanol–water partition coefficient (Wildman–Crippen LogP) is 3.27. The summed E-state index contributed by atoms with van der Waals surface area (Å²) in [5.41, 5.74) is 1.17. The number of hydrogen-bond acceptors (Lipinski definition) is 7. The molecule has 4 rings (SSSR count). The zero-order chi connectivity index (χ0) is 24.1. The first-order chi connectivity index (χ1) is 15.4. The number of aromatic nitrogens is 1. The summed E-state index contributed by atoms with van der Waals surface area (Å²) in [5, 5.41) is 0.615. The lowest BCUT2D eigenvalue weighted by molar-refractivity contribution is -0.148. The Morgan fingerprint density at radius 2 is 1.76 bits per heavy atom. The normalized spacial score (nSPS) is 22.2. The summed E-state index contributed by atoms with van der Waals surface area (Å²) in [5.74, 6) is -2.48. The molecule has 9 heteroatoms. The van der Waals surface area contributed by atoms with Crippen molar-refractivity contribution in [2.24, 2.45) is 0 Å². The van der Waals surface area contributed by atoms with Gasteiger partial charge in [-0.3, -0.25) is 4.79 Å². The molecule has 1 aromatic heterocycles. The van der Waals surface area contributed by atoms with Crippen LogP contribution in [0.3, 0.4) is 0 Å². The van der Waals surface area contributed by atoms with Crippen molar-refractivity contribution in [3.63, 3.8) is 0 Å². The minimum Gasteiger partial charge on any atom is -0.463 e. The van der Waals surface area contributed by atoms with Gasteiger partial charge in [0.2, 0.25) is 0 Å². The molecule has 3 heterocycles. The van der Waals surface area contributed by atoms with E-state index in [1.165, 1.54) is 7.11 Å². The van der Waals surface area contributed by atoms with E-state index < -0.39 is 35.3 Å². The molecule has 0 aliphatic carbocycles. The number of carbonyl (C=O) groups is 3. The molecule has 33 heavy (non-hydrogen) atoms. The number of Topliss-reactive ketones (excluding diaryl/α,β-unsaturated/α-hetero) is 1. The molecule has 1 aromatic carbocycles. The number of carbonyl (C=O) groups excluding carboxylic acids is 3. The van der Waals surface area contributed by atoms with Gasteiger partial charge in [-0.25, -0.2) is 9.59 Å². The Morgan fingerprint density at radius 3 is 2.39 bits per heavy atom. The van der Waals surface area contributed by atoms with Crippen LogP contribution in [0.1, 0.15) is 50.5 Å². The van der Waals surface area contributed by atoms with Crippen molar-refractivity contribution in [2.75, 3.05) is 13.7 Å². The van der Waals surface area contributed by atoms with Crippen LogP contribution in [0.25, 0.3) is 10.9 Å². The lowest BCUT2D eigenvalue weighted by atomic mass is 10.1. The smallest absolute Gasteiger partial charge is 0.410 e. The van der Waals surface area contributed by atoms with Gasteiger partial charge in [0.25, 0.3) is 5.78 Å². The van der Waals surface area contributed by atoms with Crippen LogP contribution in [0, 0.1) is 0 Å². The number of ketones is 1. The van der Waals surface area contributed by atoms with E-state index in [0.29, 0.717) is 11.9 Å². The molecule has 0 N–H and O–H groups in total. The Balaban J connectivity index is 1.84. The van der Waals surface area contributed by atoms with Crippen molar-refractivity contribution in [3.05, 3.63) is 35.5 Å². The van der Waals surface area contributed by atoms with Crippen LogP contribution in [-0.2, 0) is 36.8 Å². The monoisotopic (exact) mass is 458 g/mol. The van der Waals surface area contributed by atoms with Crippen molar-refractivity contribution in [2.45, 2.75) is 71.3 Å². The van der Waals surface area contributed by atoms with Gasteiger partial charge in [0.05, 0.1) is 37.8 Å². The summed E-state index contributed by atoms with van der Waals surface area (Å²) in [6.07, 6.45) is 0.409. The average molecular weight is 459 g/mol. The van der Waals surface area contributed by atoms with E-state index in [0.717, 1.165) is 11.1 Å². The molecule has 1 fully saturated rings. The lowest BCUT2D eigenvalue weighted by Gasteiger charge is -2.29. The predicted molar refractivity (Wildman–Crippen MR) is 119 cm³/mol. The summed E-state index contributed by atoms with van der Waals surface area (Å²) >= 11 is 0. The molecule has 1 amide bonds. The van der Waals surface area contributed by atoms with Crippen LogP contribution in [-0.4, -0.2) is 64.6 Å². The second-order valence-electron chi connectivity index (χ2n) is 9.90. The zero-order valence-electron chi connectivity index (χ0n) is 19.8. The van der Waals surface area contributed by atoms with Gasteiger partial charge in [-0.1, -0.05) is 18.2 Å². The molecule has 2 atom stereocenters. The standard InChI is InChI=1S/C24H30N2O7/c1-23(2,3)33-22(29)26-10-14-8-7-9-15-16(20(27)21(28)30-6)11-25(19(14)15)12-17-18(13-26)32-24(4,5)31-17/h7-9,11,17-18H,10,12-13H2,1-6H3. The Labute approximate surface area is 192 Å². The molecule has 1 saturated heterocycles. The number of esters is 1. The quantitative estimate of drug-likeness (QED) is 0.387. The van der Waals surface area contributed by atoms with Crippen molar-refractivity contribution in [3.8, 4) is 0 Å². The van der Waals surface area contributed by atoms with Crippen LogP contribution < -0.4 is 0 Å². The second kappa shape index (κ2) is 8.14. The molecule has 2 aliphatic heterocycles. The molecule has 2 aliphatic rings. The van der Waals surface area contributed by atoms with E-state index in [2.05, 4.69) is 4.74 Å². The molecule has 2 unspecified atom stereocenters. The number of benzene rings is 1. The maximum Gasteiger partial charge on any atom is 0.410 e. The summed E-state index contributed by atoms with van der Waals surface area (Å²) in [6.45, 7) is 10.0. The highest BCUT2D eigenvalue weighted by Gasteiger charge is 2.44. The van der Waals surface area contributed by atoms with Crippen LogP contribution in [0.5, 0.6) is 0 Å². The molecular weight excluding hydrogens is 428 g/mol. The number of fused-ring (bicyclic) bond motifs is 1. The average Bonchev–Trinajstić information content (AvgIpc) is 3.23. The van der Waals surface area contributed by atoms with Crippen LogP contribution in [0.4, 0.5) is 4.79 Å². The highest BCUT2D eigenvalue weighted by atomic mass is 16.8. The maximum atomic E-state index is 13.1. The van der Waals surface area contributed by atoms with E-state index in [-0.39, 0.29) is 24.8 Å². The van der Waals surface area contributed by atoms with E-state index in [9.17, 15) is 14.4 Å². The number of para-hydroxylation sites is 1. The van der Waals surface area contributed by atoms with E-state index in [1.54, 1.807) is 23.2 Å². The minimum atomic E-state index is -0.929. The number of amides is 1. The molecule has 178 valence electrons. The van der Waals surface area contributed by atoms with Crippen molar-refractivity contribution in [1.29, 1.82) is 0 Å². The Morgan fingerprint density at radius 1 is 1.09 bits per heavy atom. The first-order valence-electron chi connectivity index (χ1n) is 11.0. The van der Waals surface area contributed by atoms with Crippen LogP contribution >= 0.6 is 0 Å². The summed E-state index contributed by atoms with van der Waals surface area (Å²) in [6, 6.07) is 5.49. The Bertz CT molecular complexity index is 1110. The Hall–Kier alpha value is -2.91. The van der Waals surface area contributed by atoms with E-state index >= 15 is 0 Å². The van der Waals surface area contributed by atoms with Crippen molar-refractivity contribution in [1.82, 2.24) is 9.47 Å². The van der Waals surface area contributed by atoms with Gasteiger partial charge >= 0.3 is 12.1 Å². The summed E-state index contributed by atoms with van der Waals surface area (Å²) < 4.78 is 24.5. The molecule has 0 spiro atoms. The van der Waals surface area contributed by atoms with Gasteiger partial charge in [0, 0.05) is 11.6 Å². The van der Waals surface area contributed by atoms with E-state index in [4.69, 9.17) is 14.2 Å². The lowest BCUT2D eigenvalue weighted by Crippen LogP contribution is -2.43. The van der Waals surface area contributed by atoms with E-state index in [1.807, 2.05) is 45.3 Å². The number of rotatable bonds is 2. The van der Waals surface area contributed by atoms with Gasteiger partial charge < -0.3 is 28.4 Å². The molecule has 9 nitrogen and oxygen atoms in total. The fourth-order valence-electron chi connectivity index (χ4n) is 4.46. The number of methoxy groups -OCH3 is 1. The molecule has 0 radical (unpaired) electrons. The molecule has 2 aromatic rings. The van der Waals surface area contributed by atoms with Gasteiger partial charge in [0.1, 0.15) is 17.8 Å². The van der Waals surface area contributed by atoms with Gasteiger partial charge in [-0.2, -0.15) is 0 Å². The number of hydrogen-bond donors (Lipinski definition) is 0.